The van der Waals surface area contributed by atoms with Crippen molar-refractivity contribution in [3.8, 4) is 0 Å². The Kier molecular flexibility index (Phi) is 1.45. The third kappa shape index (κ3) is 0.980. The molecule has 0 aromatic carbocycles. The summed E-state index contributed by atoms with van der Waals surface area (Å²) in [4.78, 5) is 0. The first-order valence-electron chi connectivity index (χ1n) is 4.03. The molecule has 0 spiro atoms. The Balaban J connectivity index is 1.93. The van der Waals surface area contributed by atoms with Crippen molar-refractivity contribution in [2.75, 3.05) is 0 Å². The van der Waals surface area contributed by atoms with Crippen LogP contribution in [-0.2, 0) is 0 Å². The summed E-state index contributed by atoms with van der Waals surface area (Å²) in [5.74, 6) is 1.85. The van der Waals surface area contributed by atoms with Crippen molar-refractivity contribution in [2.45, 2.75) is 37.5 Å². The van der Waals surface area contributed by atoms with Gasteiger partial charge in [-0.15, -0.1) is 11.6 Å². The van der Waals surface area contributed by atoms with Crippen molar-refractivity contribution >= 4 is 11.6 Å². The van der Waals surface area contributed by atoms with Crippen LogP contribution in [0.1, 0.15) is 32.1 Å². The molecule has 0 bridgehead atoms. The van der Waals surface area contributed by atoms with E-state index >= 15 is 0 Å². The molecule has 52 valence electrons. The second-order valence-electron chi connectivity index (χ2n) is 3.41. The highest BCUT2D eigenvalue weighted by molar-refractivity contribution is 6.23. The van der Waals surface area contributed by atoms with Crippen molar-refractivity contribution in [2.24, 2.45) is 11.8 Å². The summed E-state index contributed by atoms with van der Waals surface area (Å²) in [6, 6.07) is 0. The fraction of sp³-hybridized carbons (Fsp3) is 1.00. The van der Waals surface area contributed by atoms with Gasteiger partial charge in [0.15, 0.2) is 0 Å². The van der Waals surface area contributed by atoms with Gasteiger partial charge in [0.05, 0.1) is 0 Å². The molecule has 2 atom stereocenters. The summed E-state index contributed by atoms with van der Waals surface area (Å²) < 4.78 is 0. The molecule has 2 rings (SSSR count). The fourth-order valence-corrected chi connectivity index (χ4v) is 2.62. The van der Waals surface area contributed by atoms with Crippen LogP contribution in [0.15, 0.2) is 0 Å². The molecule has 0 amide bonds. The molecule has 0 heterocycles. The molecule has 2 aliphatic rings. The minimum Gasteiger partial charge on any atom is -0.122 e. The SMILES string of the molecule is ClC1C2CCCCCC12. The van der Waals surface area contributed by atoms with Gasteiger partial charge in [0, 0.05) is 5.38 Å². The number of hydrogen-bond acceptors (Lipinski definition) is 0. The van der Waals surface area contributed by atoms with Crippen molar-refractivity contribution in [1.82, 2.24) is 0 Å². The first-order chi connectivity index (χ1) is 4.39. The topological polar surface area (TPSA) is 0 Å². The quantitative estimate of drug-likeness (QED) is 0.459. The second kappa shape index (κ2) is 2.16. The normalized spacial score (nSPS) is 49.7. The number of rotatable bonds is 0. The highest BCUT2D eigenvalue weighted by Crippen LogP contribution is 2.51. The van der Waals surface area contributed by atoms with Crippen LogP contribution in [0.2, 0.25) is 0 Å². The lowest BCUT2D eigenvalue weighted by Crippen LogP contribution is -1.81. The van der Waals surface area contributed by atoms with E-state index in [1.54, 1.807) is 0 Å². The van der Waals surface area contributed by atoms with Gasteiger partial charge in [-0.25, -0.2) is 0 Å². The van der Waals surface area contributed by atoms with E-state index < -0.39 is 0 Å². The maximum atomic E-state index is 6.03. The van der Waals surface area contributed by atoms with Gasteiger partial charge in [0.1, 0.15) is 0 Å². The molecule has 0 saturated heterocycles. The van der Waals surface area contributed by atoms with Crippen LogP contribution in [0.3, 0.4) is 0 Å². The molecular weight excluding hydrogens is 132 g/mol. The van der Waals surface area contributed by atoms with Crippen molar-refractivity contribution in [3.05, 3.63) is 0 Å². The smallest absolute Gasteiger partial charge is 0.0398 e. The molecule has 2 aliphatic carbocycles. The predicted octanol–water partition coefficient (Wildman–Crippen LogP) is 2.80. The molecular formula is C8H13Cl. The van der Waals surface area contributed by atoms with E-state index in [0.717, 1.165) is 11.8 Å². The first-order valence-corrected chi connectivity index (χ1v) is 4.47. The Hall–Kier alpha value is 0.290. The van der Waals surface area contributed by atoms with Gasteiger partial charge >= 0.3 is 0 Å². The molecule has 2 saturated carbocycles. The molecule has 0 radical (unpaired) electrons. The van der Waals surface area contributed by atoms with Gasteiger partial charge in [0.25, 0.3) is 0 Å². The molecule has 2 fully saturated rings. The summed E-state index contributed by atoms with van der Waals surface area (Å²) in [7, 11) is 0. The first kappa shape index (κ1) is 6.03. The molecule has 2 unspecified atom stereocenters. The van der Waals surface area contributed by atoms with Crippen LogP contribution in [0, 0.1) is 11.8 Å². The van der Waals surface area contributed by atoms with Crippen LogP contribution in [0.4, 0.5) is 0 Å². The lowest BCUT2D eigenvalue weighted by atomic mass is 10.2. The monoisotopic (exact) mass is 144 g/mol. The van der Waals surface area contributed by atoms with Gasteiger partial charge in [0.2, 0.25) is 0 Å². The van der Waals surface area contributed by atoms with Crippen molar-refractivity contribution in [1.29, 1.82) is 0 Å². The molecule has 0 aliphatic heterocycles. The summed E-state index contributed by atoms with van der Waals surface area (Å²) in [6.45, 7) is 0. The number of halogens is 1. The molecule has 0 aromatic heterocycles. The maximum absolute atomic E-state index is 6.03. The largest absolute Gasteiger partial charge is 0.122 e. The van der Waals surface area contributed by atoms with E-state index in [0.29, 0.717) is 5.38 Å². The van der Waals surface area contributed by atoms with E-state index in [1.165, 1.54) is 32.1 Å². The Labute approximate surface area is 61.6 Å². The zero-order valence-electron chi connectivity index (χ0n) is 5.65. The number of fused-ring (bicyclic) bond motifs is 1. The zero-order valence-corrected chi connectivity index (χ0v) is 6.40. The Morgan fingerprint density at radius 2 is 1.44 bits per heavy atom. The second-order valence-corrected chi connectivity index (χ2v) is 3.91. The lowest BCUT2D eigenvalue weighted by Gasteiger charge is -1.93. The van der Waals surface area contributed by atoms with Crippen molar-refractivity contribution in [3.63, 3.8) is 0 Å². The van der Waals surface area contributed by atoms with Crippen LogP contribution in [0.25, 0.3) is 0 Å². The van der Waals surface area contributed by atoms with E-state index in [4.69, 9.17) is 11.6 Å². The summed E-state index contributed by atoms with van der Waals surface area (Å²) in [6.07, 6.45) is 7.16. The number of hydrogen-bond donors (Lipinski definition) is 0. The van der Waals surface area contributed by atoms with Crippen LogP contribution >= 0.6 is 11.6 Å². The number of alkyl halides is 1. The Morgan fingerprint density at radius 3 is 2.00 bits per heavy atom. The van der Waals surface area contributed by atoms with Crippen LogP contribution < -0.4 is 0 Å². The highest BCUT2D eigenvalue weighted by atomic mass is 35.5. The van der Waals surface area contributed by atoms with Gasteiger partial charge < -0.3 is 0 Å². The molecule has 1 heteroatoms. The van der Waals surface area contributed by atoms with E-state index in [2.05, 4.69) is 0 Å². The molecule has 0 N–H and O–H groups in total. The highest BCUT2D eigenvalue weighted by Gasteiger charge is 2.48. The van der Waals surface area contributed by atoms with Gasteiger partial charge in [-0.1, -0.05) is 19.3 Å². The molecule has 0 aromatic rings. The summed E-state index contributed by atoms with van der Waals surface area (Å²) in [5.41, 5.74) is 0. The van der Waals surface area contributed by atoms with Crippen LogP contribution in [-0.4, -0.2) is 5.38 Å². The summed E-state index contributed by atoms with van der Waals surface area (Å²) >= 11 is 6.03. The van der Waals surface area contributed by atoms with Gasteiger partial charge in [-0.05, 0) is 24.7 Å². The maximum Gasteiger partial charge on any atom is 0.0398 e. The minimum absolute atomic E-state index is 0.574. The zero-order chi connectivity index (χ0) is 6.27. The average molecular weight is 145 g/mol. The van der Waals surface area contributed by atoms with E-state index in [9.17, 15) is 0 Å². The molecule has 0 nitrogen and oxygen atoms in total. The third-order valence-electron chi connectivity index (χ3n) is 2.80. The van der Waals surface area contributed by atoms with Crippen LogP contribution in [0.5, 0.6) is 0 Å². The standard InChI is InChI=1S/C8H13Cl/c9-8-6-4-2-1-3-5-7(6)8/h6-8H,1-5H2. The van der Waals surface area contributed by atoms with Gasteiger partial charge in [-0.2, -0.15) is 0 Å². The minimum atomic E-state index is 0.574. The Morgan fingerprint density at radius 1 is 0.889 bits per heavy atom. The predicted molar refractivity (Wildman–Crippen MR) is 39.7 cm³/mol. The van der Waals surface area contributed by atoms with E-state index in [1.807, 2.05) is 0 Å². The molecule has 9 heavy (non-hydrogen) atoms. The van der Waals surface area contributed by atoms with Gasteiger partial charge in [-0.3, -0.25) is 0 Å². The van der Waals surface area contributed by atoms with E-state index in [-0.39, 0.29) is 0 Å². The lowest BCUT2D eigenvalue weighted by molar-refractivity contribution is 0.646. The third-order valence-corrected chi connectivity index (χ3v) is 3.45. The van der Waals surface area contributed by atoms with Crippen molar-refractivity contribution < 1.29 is 0 Å². The fourth-order valence-electron chi connectivity index (χ4n) is 2.08. The Bertz CT molecular complexity index is 99.1. The average Bonchev–Trinajstić information content (AvgIpc) is 2.51. The summed E-state index contributed by atoms with van der Waals surface area (Å²) in [5, 5.41) is 0.574.